The van der Waals surface area contributed by atoms with Gasteiger partial charge in [0.25, 0.3) is 0 Å². The number of aliphatic hydroxyl groups excluding tert-OH is 1. The predicted molar refractivity (Wildman–Crippen MR) is 50.2 cm³/mol. The van der Waals surface area contributed by atoms with Gasteiger partial charge in [-0.2, -0.15) is 0 Å². The van der Waals surface area contributed by atoms with E-state index in [2.05, 4.69) is 0 Å². The topological polar surface area (TPSA) is 46.2 Å². The molecule has 1 aromatic carbocycles. The summed E-state index contributed by atoms with van der Waals surface area (Å²) < 4.78 is 26.4. The van der Waals surface area contributed by atoms with Crippen LogP contribution in [0.2, 0.25) is 0 Å². The first-order valence-corrected chi connectivity index (χ1v) is 5.00. The van der Waals surface area contributed by atoms with Gasteiger partial charge in [0.2, 0.25) is 0 Å². The third-order valence-electron chi connectivity index (χ3n) is 2.40. The summed E-state index contributed by atoms with van der Waals surface area (Å²) in [5.74, 6) is 0. The van der Waals surface area contributed by atoms with Crippen molar-refractivity contribution in [3.8, 4) is 0 Å². The third kappa shape index (κ3) is 1.24. The van der Waals surface area contributed by atoms with Crippen molar-refractivity contribution in [2.24, 2.45) is 5.14 Å². The first-order valence-electron chi connectivity index (χ1n) is 4.12. The number of hydrogen-bond acceptors (Lipinski definition) is 3. The molecule has 2 nitrogen and oxygen atoms in total. The van der Waals surface area contributed by atoms with Crippen molar-refractivity contribution in [1.29, 1.82) is 0 Å². The van der Waals surface area contributed by atoms with Gasteiger partial charge in [-0.1, -0.05) is 12.1 Å². The number of aliphatic hydroxyl groups is 1. The van der Waals surface area contributed by atoms with Crippen LogP contribution in [0.15, 0.2) is 23.1 Å². The van der Waals surface area contributed by atoms with Crippen molar-refractivity contribution in [2.75, 3.05) is 0 Å². The van der Waals surface area contributed by atoms with Gasteiger partial charge in [0.1, 0.15) is 6.10 Å². The fourth-order valence-corrected chi connectivity index (χ4v) is 2.23. The number of hydrogen-bond donors (Lipinski definition) is 2. The zero-order chi connectivity index (χ0) is 10.3. The van der Waals surface area contributed by atoms with Gasteiger partial charge < -0.3 is 5.11 Å². The van der Waals surface area contributed by atoms with Crippen LogP contribution in [-0.4, -0.2) is 11.3 Å². The summed E-state index contributed by atoms with van der Waals surface area (Å²) in [6.45, 7) is 0. The van der Waals surface area contributed by atoms with Gasteiger partial charge in [-0.05, 0) is 23.6 Å². The van der Waals surface area contributed by atoms with Crippen molar-refractivity contribution in [3.05, 3.63) is 29.3 Å². The molecule has 3 N–H and O–H groups in total. The maximum absolute atomic E-state index is 13.3. The van der Waals surface area contributed by atoms with Gasteiger partial charge in [-0.25, -0.2) is 8.78 Å². The zero-order valence-electron chi connectivity index (χ0n) is 7.15. The molecular formula is C9H9F2NOS. The Bertz CT molecular complexity index is 361. The first-order chi connectivity index (χ1) is 6.66. The molecule has 0 bridgehead atoms. The van der Waals surface area contributed by atoms with Crippen molar-refractivity contribution >= 4 is 11.9 Å². The number of nitrogens with two attached hydrogens (primary N) is 1. The van der Waals surface area contributed by atoms with E-state index in [9.17, 15) is 13.9 Å². The monoisotopic (exact) mass is 217 g/mol. The minimum atomic E-state index is -1.88. The van der Waals surface area contributed by atoms with E-state index in [4.69, 9.17) is 5.14 Å². The van der Waals surface area contributed by atoms with Crippen LogP contribution in [0.4, 0.5) is 8.78 Å². The number of halogens is 2. The lowest BCUT2D eigenvalue weighted by molar-refractivity contribution is 0.0457. The highest BCUT2D eigenvalue weighted by Gasteiger charge is 2.41. The van der Waals surface area contributed by atoms with Gasteiger partial charge in [0, 0.05) is 10.5 Å². The highest BCUT2D eigenvalue weighted by atomic mass is 32.2. The summed E-state index contributed by atoms with van der Waals surface area (Å²) in [6, 6.07) is 4.71. The Morgan fingerprint density at radius 1 is 1.36 bits per heavy atom. The average Bonchev–Trinajstić information content (AvgIpc) is 2.44. The number of fused-ring (bicyclic) bond motifs is 1. The molecule has 3 atom stereocenters. The van der Waals surface area contributed by atoms with Gasteiger partial charge in [-0.3, -0.25) is 5.14 Å². The first kappa shape index (κ1) is 9.89. The third-order valence-corrected chi connectivity index (χ3v) is 3.01. The standard InChI is InChI=1S/C9H9F2NOS/c10-7-4-2-1-3-5(14-12)6(4)9(13)8(7)11/h1-3,7-9,13H,12H2. The molecule has 5 heteroatoms. The Kier molecular flexibility index (Phi) is 2.47. The SMILES string of the molecule is NSc1cccc2c1C(O)C(F)C2F. The molecule has 1 aliphatic rings. The van der Waals surface area contributed by atoms with E-state index in [0.29, 0.717) is 10.5 Å². The second-order valence-electron chi connectivity index (χ2n) is 3.17. The van der Waals surface area contributed by atoms with E-state index >= 15 is 0 Å². The summed E-state index contributed by atoms with van der Waals surface area (Å²) >= 11 is 0.889. The van der Waals surface area contributed by atoms with Crippen molar-refractivity contribution < 1.29 is 13.9 Å². The van der Waals surface area contributed by atoms with Crippen LogP contribution in [0.5, 0.6) is 0 Å². The second-order valence-corrected chi connectivity index (χ2v) is 3.84. The molecule has 76 valence electrons. The summed E-state index contributed by atoms with van der Waals surface area (Å²) in [7, 11) is 0. The van der Waals surface area contributed by atoms with Crippen molar-refractivity contribution in [1.82, 2.24) is 0 Å². The van der Waals surface area contributed by atoms with Gasteiger partial charge in [-0.15, -0.1) is 0 Å². The second kappa shape index (κ2) is 3.49. The maximum atomic E-state index is 13.3. The van der Waals surface area contributed by atoms with E-state index in [0.717, 1.165) is 11.9 Å². The molecular weight excluding hydrogens is 208 g/mol. The average molecular weight is 217 g/mol. The van der Waals surface area contributed by atoms with Crippen molar-refractivity contribution in [2.45, 2.75) is 23.3 Å². The molecule has 0 saturated carbocycles. The molecule has 0 saturated heterocycles. The highest BCUT2D eigenvalue weighted by molar-refractivity contribution is 7.97. The summed E-state index contributed by atoms with van der Waals surface area (Å²) in [5.41, 5.74) is 0.500. The largest absolute Gasteiger partial charge is 0.385 e. The molecule has 0 aromatic heterocycles. The smallest absolute Gasteiger partial charge is 0.165 e. The Labute approximate surface area is 84.2 Å². The molecule has 0 radical (unpaired) electrons. The molecule has 0 heterocycles. The van der Waals surface area contributed by atoms with Crippen molar-refractivity contribution in [3.63, 3.8) is 0 Å². The van der Waals surface area contributed by atoms with E-state index in [1.807, 2.05) is 0 Å². The highest BCUT2D eigenvalue weighted by Crippen LogP contribution is 2.46. The molecule has 14 heavy (non-hydrogen) atoms. The fourth-order valence-electron chi connectivity index (χ4n) is 1.71. The minimum absolute atomic E-state index is 0.209. The maximum Gasteiger partial charge on any atom is 0.165 e. The Morgan fingerprint density at radius 2 is 2.07 bits per heavy atom. The normalized spacial score (nSPS) is 30.4. The number of benzene rings is 1. The number of alkyl halides is 2. The van der Waals surface area contributed by atoms with Gasteiger partial charge >= 0.3 is 0 Å². The van der Waals surface area contributed by atoms with Crippen LogP contribution in [0.25, 0.3) is 0 Å². The zero-order valence-corrected chi connectivity index (χ0v) is 7.97. The molecule has 3 unspecified atom stereocenters. The van der Waals surface area contributed by atoms with E-state index < -0.39 is 18.4 Å². The molecule has 1 aliphatic carbocycles. The Hall–Kier alpha value is -0.650. The van der Waals surface area contributed by atoms with Crippen LogP contribution >= 0.6 is 11.9 Å². The van der Waals surface area contributed by atoms with Crippen LogP contribution in [0.1, 0.15) is 23.4 Å². The molecule has 1 aromatic rings. The molecule has 0 spiro atoms. The summed E-state index contributed by atoms with van der Waals surface area (Å²) in [4.78, 5) is 0.526. The van der Waals surface area contributed by atoms with Crippen LogP contribution in [0.3, 0.4) is 0 Å². The summed E-state index contributed by atoms with van der Waals surface area (Å²) in [6.07, 6.45) is -5.02. The van der Waals surface area contributed by atoms with E-state index in [1.54, 1.807) is 12.1 Å². The van der Waals surface area contributed by atoms with Gasteiger partial charge in [0.15, 0.2) is 12.3 Å². The Balaban J connectivity index is 2.57. The minimum Gasteiger partial charge on any atom is -0.385 e. The predicted octanol–water partition coefficient (Wildman–Crippen LogP) is 2.05. The van der Waals surface area contributed by atoms with Crippen LogP contribution in [-0.2, 0) is 0 Å². The summed E-state index contributed by atoms with van der Waals surface area (Å²) in [5, 5.41) is 14.8. The van der Waals surface area contributed by atoms with Crippen LogP contribution in [0, 0.1) is 0 Å². The molecule has 0 fully saturated rings. The molecule has 0 aliphatic heterocycles. The molecule has 2 rings (SSSR count). The fraction of sp³-hybridized carbons (Fsp3) is 0.333. The quantitative estimate of drug-likeness (QED) is 0.708. The van der Waals surface area contributed by atoms with Gasteiger partial charge in [0.05, 0.1) is 0 Å². The Morgan fingerprint density at radius 3 is 2.71 bits per heavy atom. The van der Waals surface area contributed by atoms with Crippen LogP contribution < -0.4 is 5.14 Å². The lowest BCUT2D eigenvalue weighted by Gasteiger charge is -2.08. The van der Waals surface area contributed by atoms with E-state index in [1.165, 1.54) is 6.07 Å². The van der Waals surface area contributed by atoms with E-state index in [-0.39, 0.29) is 5.56 Å². The molecule has 0 amide bonds. The lowest BCUT2D eigenvalue weighted by atomic mass is 10.1. The number of rotatable bonds is 1. The lowest BCUT2D eigenvalue weighted by Crippen LogP contribution is -2.09.